The molecule has 0 spiro atoms. The Balaban J connectivity index is 2.67. The number of para-hydroxylation sites is 1. The van der Waals surface area contributed by atoms with Crippen molar-refractivity contribution in [1.82, 2.24) is 0 Å². The Labute approximate surface area is 97.2 Å². The van der Waals surface area contributed by atoms with E-state index in [9.17, 15) is 15.3 Å². The van der Waals surface area contributed by atoms with Crippen molar-refractivity contribution in [2.45, 2.75) is 0 Å². The number of phenolic OH excluding ortho intramolecular Hbond substituents is 3. The van der Waals surface area contributed by atoms with Gasteiger partial charge in [-0.2, -0.15) is 0 Å². The van der Waals surface area contributed by atoms with Crippen LogP contribution in [0.5, 0.6) is 17.2 Å². The highest BCUT2D eigenvalue weighted by atomic mass is 35.5. The van der Waals surface area contributed by atoms with Gasteiger partial charge in [0.15, 0.2) is 11.5 Å². The molecule has 0 amide bonds. The molecule has 2 aromatic rings. The zero-order valence-electron chi connectivity index (χ0n) is 8.18. The second-order valence-corrected chi connectivity index (χ2v) is 3.77. The maximum atomic E-state index is 9.66. The van der Waals surface area contributed by atoms with Crippen molar-refractivity contribution < 1.29 is 15.3 Å². The van der Waals surface area contributed by atoms with Gasteiger partial charge in [-0.3, -0.25) is 0 Å². The summed E-state index contributed by atoms with van der Waals surface area (Å²) >= 11 is 5.80. The summed E-state index contributed by atoms with van der Waals surface area (Å²) in [5.74, 6) is -0.526. The molecule has 0 heterocycles. The van der Waals surface area contributed by atoms with E-state index in [-0.39, 0.29) is 17.2 Å². The third kappa shape index (κ3) is 1.77. The summed E-state index contributed by atoms with van der Waals surface area (Å²) in [7, 11) is 0. The van der Waals surface area contributed by atoms with Gasteiger partial charge in [-0.05, 0) is 24.3 Å². The van der Waals surface area contributed by atoms with Crippen LogP contribution in [0.1, 0.15) is 0 Å². The van der Waals surface area contributed by atoms with E-state index in [0.29, 0.717) is 16.1 Å². The lowest BCUT2D eigenvalue weighted by atomic mass is 10.0. The highest BCUT2D eigenvalue weighted by Crippen LogP contribution is 2.40. The van der Waals surface area contributed by atoms with Crippen LogP contribution in [0.25, 0.3) is 11.1 Å². The summed E-state index contributed by atoms with van der Waals surface area (Å²) in [4.78, 5) is 0. The Morgan fingerprint density at radius 2 is 1.56 bits per heavy atom. The van der Waals surface area contributed by atoms with Crippen molar-refractivity contribution >= 4 is 11.6 Å². The molecular formula is C12H9ClO3. The quantitative estimate of drug-likeness (QED) is 0.667. The molecule has 0 fully saturated rings. The van der Waals surface area contributed by atoms with E-state index in [1.165, 1.54) is 18.2 Å². The van der Waals surface area contributed by atoms with Crippen LogP contribution in [0.15, 0.2) is 36.4 Å². The fourth-order valence-corrected chi connectivity index (χ4v) is 1.64. The van der Waals surface area contributed by atoms with Crippen LogP contribution in [-0.4, -0.2) is 15.3 Å². The highest BCUT2D eigenvalue weighted by molar-refractivity contribution is 6.31. The van der Waals surface area contributed by atoms with Crippen LogP contribution in [0.3, 0.4) is 0 Å². The lowest BCUT2D eigenvalue weighted by Gasteiger charge is -2.08. The van der Waals surface area contributed by atoms with Gasteiger partial charge in [0, 0.05) is 16.1 Å². The van der Waals surface area contributed by atoms with Crippen LogP contribution in [0.4, 0.5) is 0 Å². The number of aromatic hydroxyl groups is 3. The molecule has 0 saturated carbocycles. The first-order valence-corrected chi connectivity index (χ1v) is 4.97. The normalized spacial score (nSPS) is 10.3. The fraction of sp³-hybridized carbons (Fsp3) is 0. The molecule has 0 radical (unpaired) electrons. The van der Waals surface area contributed by atoms with Gasteiger partial charge in [-0.25, -0.2) is 0 Å². The van der Waals surface area contributed by atoms with Crippen LogP contribution >= 0.6 is 11.6 Å². The molecule has 2 aromatic carbocycles. The Kier molecular flexibility index (Phi) is 2.62. The molecule has 0 aliphatic rings. The van der Waals surface area contributed by atoms with Gasteiger partial charge in [0.1, 0.15) is 5.75 Å². The second-order valence-electron chi connectivity index (χ2n) is 3.33. The van der Waals surface area contributed by atoms with Gasteiger partial charge >= 0.3 is 0 Å². The fourth-order valence-electron chi connectivity index (χ4n) is 1.47. The molecule has 3 nitrogen and oxygen atoms in total. The van der Waals surface area contributed by atoms with Crippen molar-refractivity contribution in [3.63, 3.8) is 0 Å². The first-order chi connectivity index (χ1) is 7.59. The van der Waals surface area contributed by atoms with Crippen molar-refractivity contribution in [1.29, 1.82) is 0 Å². The van der Waals surface area contributed by atoms with Crippen molar-refractivity contribution in [2.24, 2.45) is 0 Å². The van der Waals surface area contributed by atoms with Gasteiger partial charge < -0.3 is 15.3 Å². The van der Waals surface area contributed by atoms with Crippen LogP contribution in [0.2, 0.25) is 5.02 Å². The maximum Gasteiger partial charge on any atom is 0.165 e. The van der Waals surface area contributed by atoms with E-state index in [4.69, 9.17) is 11.6 Å². The molecule has 0 bridgehead atoms. The number of hydrogen-bond acceptors (Lipinski definition) is 3. The SMILES string of the molecule is Oc1ccc(Cl)cc1-c1cccc(O)c1O. The number of halogens is 1. The Morgan fingerprint density at radius 3 is 2.31 bits per heavy atom. The molecule has 16 heavy (non-hydrogen) atoms. The average Bonchev–Trinajstić information content (AvgIpc) is 2.26. The van der Waals surface area contributed by atoms with Crippen molar-refractivity contribution in [3.8, 4) is 28.4 Å². The summed E-state index contributed by atoms with van der Waals surface area (Å²) in [5.41, 5.74) is 0.709. The van der Waals surface area contributed by atoms with Crippen molar-refractivity contribution in [3.05, 3.63) is 41.4 Å². The number of benzene rings is 2. The van der Waals surface area contributed by atoms with Gasteiger partial charge in [-0.1, -0.05) is 23.7 Å². The smallest absolute Gasteiger partial charge is 0.165 e. The van der Waals surface area contributed by atoms with Crippen LogP contribution in [-0.2, 0) is 0 Å². The molecule has 0 atom stereocenters. The Bertz CT molecular complexity index is 538. The lowest BCUT2D eigenvalue weighted by Crippen LogP contribution is -1.81. The zero-order chi connectivity index (χ0) is 11.7. The van der Waals surface area contributed by atoms with E-state index in [1.807, 2.05) is 0 Å². The average molecular weight is 237 g/mol. The van der Waals surface area contributed by atoms with Gasteiger partial charge in [0.05, 0.1) is 0 Å². The summed E-state index contributed by atoms with van der Waals surface area (Å²) in [5, 5.41) is 29.1. The zero-order valence-corrected chi connectivity index (χ0v) is 8.94. The standard InChI is InChI=1S/C12H9ClO3/c13-7-4-5-10(14)9(6-7)8-2-1-3-11(15)12(8)16/h1-6,14-16H. The predicted octanol–water partition coefficient (Wildman–Crippen LogP) is 3.12. The van der Waals surface area contributed by atoms with Crippen LogP contribution in [0, 0.1) is 0 Å². The van der Waals surface area contributed by atoms with Crippen LogP contribution < -0.4 is 0 Å². The summed E-state index contributed by atoms with van der Waals surface area (Å²) < 4.78 is 0. The largest absolute Gasteiger partial charge is 0.507 e. The molecular weight excluding hydrogens is 228 g/mol. The van der Waals surface area contributed by atoms with E-state index >= 15 is 0 Å². The summed E-state index contributed by atoms with van der Waals surface area (Å²) in [6.45, 7) is 0. The topological polar surface area (TPSA) is 60.7 Å². The first kappa shape index (κ1) is 10.6. The third-order valence-electron chi connectivity index (χ3n) is 2.26. The van der Waals surface area contributed by atoms with Gasteiger partial charge in [0.2, 0.25) is 0 Å². The van der Waals surface area contributed by atoms with E-state index in [1.54, 1.807) is 18.2 Å². The Morgan fingerprint density at radius 1 is 0.812 bits per heavy atom. The molecule has 3 N–H and O–H groups in total. The monoisotopic (exact) mass is 236 g/mol. The van der Waals surface area contributed by atoms with E-state index in [0.717, 1.165) is 0 Å². The Hall–Kier alpha value is -1.87. The van der Waals surface area contributed by atoms with E-state index in [2.05, 4.69) is 0 Å². The minimum Gasteiger partial charge on any atom is -0.507 e. The molecule has 2 rings (SSSR count). The lowest BCUT2D eigenvalue weighted by molar-refractivity contribution is 0.405. The molecule has 0 aromatic heterocycles. The minimum atomic E-state index is -0.278. The van der Waals surface area contributed by atoms with E-state index < -0.39 is 0 Å². The van der Waals surface area contributed by atoms with Gasteiger partial charge in [-0.15, -0.1) is 0 Å². The van der Waals surface area contributed by atoms with Gasteiger partial charge in [0.25, 0.3) is 0 Å². The van der Waals surface area contributed by atoms with Crippen molar-refractivity contribution in [2.75, 3.05) is 0 Å². The molecule has 4 heteroatoms. The minimum absolute atomic E-state index is 0.00898. The molecule has 0 saturated heterocycles. The summed E-state index contributed by atoms with van der Waals surface area (Å²) in [6.07, 6.45) is 0. The summed E-state index contributed by atoms with van der Waals surface area (Å²) in [6, 6.07) is 9.01. The third-order valence-corrected chi connectivity index (χ3v) is 2.50. The molecule has 0 unspecified atom stereocenters. The molecule has 82 valence electrons. The molecule has 0 aliphatic heterocycles. The number of phenols is 3. The second kappa shape index (κ2) is 3.94. The number of rotatable bonds is 1. The first-order valence-electron chi connectivity index (χ1n) is 4.59. The maximum absolute atomic E-state index is 9.66. The predicted molar refractivity (Wildman–Crippen MR) is 61.9 cm³/mol. The molecule has 0 aliphatic carbocycles. The number of hydrogen-bond donors (Lipinski definition) is 3. The highest BCUT2D eigenvalue weighted by Gasteiger charge is 2.12.